The number of benzene rings is 2. The van der Waals surface area contributed by atoms with Crippen molar-refractivity contribution in [2.75, 3.05) is 5.32 Å². The van der Waals surface area contributed by atoms with E-state index in [1.54, 1.807) is 24.3 Å². The maximum absolute atomic E-state index is 12.1. The third kappa shape index (κ3) is 4.45. The molecule has 0 aliphatic rings. The Labute approximate surface area is 120 Å². The molecule has 0 aromatic heterocycles. The normalized spacial score (nSPS) is 10.4. The second-order valence-electron chi connectivity index (χ2n) is 4.26. The zero-order valence-electron chi connectivity index (χ0n) is 10.9. The number of ether oxygens (including phenoxy) is 1. The van der Waals surface area contributed by atoms with Gasteiger partial charge in [-0.1, -0.05) is 18.2 Å². The molecule has 2 aromatic rings. The van der Waals surface area contributed by atoms with E-state index in [0.717, 1.165) is 5.56 Å². The van der Waals surface area contributed by atoms with E-state index in [1.165, 1.54) is 24.3 Å². The first-order valence-corrected chi connectivity index (χ1v) is 6.15. The first kappa shape index (κ1) is 14.8. The van der Waals surface area contributed by atoms with Crippen molar-refractivity contribution in [3.05, 3.63) is 59.7 Å². The first-order valence-electron chi connectivity index (χ1n) is 6.15. The van der Waals surface area contributed by atoms with E-state index in [0.29, 0.717) is 12.2 Å². The first-order chi connectivity index (χ1) is 10.0. The van der Waals surface area contributed by atoms with Crippen LogP contribution in [0.15, 0.2) is 48.5 Å². The summed E-state index contributed by atoms with van der Waals surface area (Å²) in [4.78, 5) is 10.7. The van der Waals surface area contributed by atoms with Crippen LogP contribution in [-0.4, -0.2) is 17.7 Å². The quantitative estimate of drug-likeness (QED) is 0.854. The Balaban J connectivity index is 1.97. The van der Waals surface area contributed by atoms with Crippen molar-refractivity contribution >= 4 is 11.7 Å². The van der Waals surface area contributed by atoms with Crippen LogP contribution in [0, 0.1) is 0 Å². The molecular weight excluding hydrogens is 280 g/mol. The summed E-state index contributed by atoms with van der Waals surface area (Å²) in [5.74, 6) is -0.900. The summed E-state index contributed by atoms with van der Waals surface area (Å²) in [5, 5.41) is 11.8. The molecule has 0 fully saturated rings. The van der Waals surface area contributed by atoms with Crippen LogP contribution in [0.2, 0.25) is 0 Å². The van der Waals surface area contributed by atoms with Gasteiger partial charge in [0.2, 0.25) is 0 Å². The van der Waals surface area contributed by atoms with Gasteiger partial charge in [-0.3, -0.25) is 0 Å². The van der Waals surface area contributed by atoms with Crippen LogP contribution in [-0.2, 0) is 6.54 Å². The van der Waals surface area contributed by atoms with Gasteiger partial charge in [0.25, 0.3) is 0 Å². The lowest BCUT2D eigenvalue weighted by Gasteiger charge is -2.09. The van der Waals surface area contributed by atoms with Crippen molar-refractivity contribution < 1.29 is 23.4 Å². The van der Waals surface area contributed by atoms with E-state index in [-0.39, 0.29) is 11.3 Å². The van der Waals surface area contributed by atoms with Gasteiger partial charge in [0.05, 0.1) is 5.56 Å². The molecule has 0 aliphatic heterocycles. The zero-order valence-corrected chi connectivity index (χ0v) is 10.9. The molecule has 0 heterocycles. The lowest BCUT2D eigenvalue weighted by molar-refractivity contribution is -0.0498. The van der Waals surface area contributed by atoms with Crippen molar-refractivity contribution in [2.24, 2.45) is 0 Å². The fraction of sp³-hybridized carbons (Fsp3) is 0.133. The Morgan fingerprint density at radius 1 is 1.19 bits per heavy atom. The van der Waals surface area contributed by atoms with E-state index < -0.39 is 12.6 Å². The number of nitrogens with one attached hydrogen (secondary N) is 1. The van der Waals surface area contributed by atoms with E-state index >= 15 is 0 Å². The highest BCUT2D eigenvalue weighted by Gasteiger charge is 2.05. The van der Waals surface area contributed by atoms with Gasteiger partial charge in [0.15, 0.2) is 0 Å². The molecule has 21 heavy (non-hydrogen) atoms. The van der Waals surface area contributed by atoms with E-state index in [1.807, 2.05) is 0 Å². The zero-order chi connectivity index (χ0) is 15.2. The number of rotatable bonds is 6. The maximum Gasteiger partial charge on any atom is 0.387 e. The summed E-state index contributed by atoms with van der Waals surface area (Å²) in [6.07, 6.45) is 0. The topological polar surface area (TPSA) is 58.6 Å². The van der Waals surface area contributed by atoms with Crippen LogP contribution >= 0.6 is 0 Å². The summed E-state index contributed by atoms with van der Waals surface area (Å²) >= 11 is 0. The van der Waals surface area contributed by atoms with Gasteiger partial charge < -0.3 is 15.2 Å². The molecule has 6 heteroatoms. The van der Waals surface area contributed by atoms with Crippen molar-refractivity contribution in [3.63, 3.8) is 0 Å². The molecule has 110 valence electrons. The highest BCUT2D eigenvalue weighted by molar-refractivity contribution is 5.87. The average molecular weight is 293 g/mol. The van der Waals surface area contributed by atoms with Crippen molar-refractivity contribution in [2.45, 2.75) is 13.2 Å². The van der Waals surface area contributed by atoms with Gasteiger partial charge in [0.1, 0.15) is 5.75 Å². The van der Waals surface area contributed by atoms with Crippen LogP contribution in [0.4, 0.5) is 14.5 Å². The predicted octanol–water partition coefficient (Wildman–Crippen LogP) is 3.60. The fourth-order valence-electron chi connectivity index (χ4n) is 1.75. The van der Waals surface area contributed by atoms with Crippen molar-refractivity contribution in [3.8, 4) is 5.75 Å². The average Bonchev–Trinajstić information content (AvgIpc) is 2.45. The number of carboxylic acids is 1. The standard InChI is InChI=1S/C15H13F2NO3/c16-15(17)21-13-3-1-2-12(8-13)18-9-10-4-6-11(7-5-10)14(19)20/h1-8,15,18H,9H2,(H,19,20). The highest BCUT2D eigenvalue weighted by atomic mass is 19.3. The molecule has 0 radical (unpaired) electrons. The van der Waals surface area contributed by atoms with E-state index in [9.17, 15) is 13.6 Å². The van der Waals surface area contributed by atoms with Crippen LogP contribution < -0.4 is 10.1 Å². The molecule has 0 saturated carbocycles. The minimum atomic E-state index is -2.86. The van der Waals surface area contributed by atoms with Crippen molar-refractivity contribution in [1.82, 2.24) is 0 Å². The molecule has 2 aromatic carbocycles. The molecule has 4 nitrogen and oxygen atoms in total. The number of alkyl halides is 2. The van der Waals surface area contributed by atoms with Gasteiger partial charge in [-0.25, -0.2) is 4.79 Å². The lowest BCUT2D eigenvalue weighted by atomic mass is 10.1. The Hall–Kier alpha value is -2.63. The van der Waals surface area contributed by atoms with Crippen LogP contribution in [0.1, 0.15) is 15.9 Å². The Morgan fingerprint density at radius 2 is 1.90 bits per heavy atom. The second-order valence-corrected chi connectivity index (χ2v) is 4.26. The number of aromatic carboxylic acids is 1. The minimum Gasteiger partial charge on any atom is -0.478 e. The van der Waals surface area contributed by atoms with E-state index in [4.69, 9.17) is 5.11 Å². The number of carbonyl (C=O) groups is 1. The molecule has 0 bridgehead atoms. The fourth-order valence-corrected chi connectivity index (χ4v) is 1.75. The number of halogens is 2. The van der Waals surface area contributed by atoms with Crippen molar-refractivity contribution in [1.29, 1.82) is 0 Å². The number of hydrogen-bond donors (Lipinski definition) is 2. The molecule has 0 spiro atoms. The monoisotopic (exact) mass is 293 g/mol. The van der Waals surface area contributed by atoms with Gasteiger partial charge in [-0.05, 0) is 29.8 Å². The predicted molar refractivity (Wildman–Crippen MR) is 73.8 cm³/mol. The Morgan fingerprint density at radius 3 is 2.52 bits per heavy atom. The summed E-state index contributed by atoms with van der Waals surface area (Å²) in [6.45, 7) is -2.42. The number of hydrogen-bond acceptors (Lipinski definition) is 3. The number of carboxylic acid groups (broad SMARTS) is 1. The van der Waals surface area contributed by atoms with Gasteiger partial charge in [0, 0.05) is 18.3 Å². The second kappa shape index (κ2) is 6.69. The van der Waals surface area contributed by atoms with Crippen LogP contribution in [0.3, 0.4) is 0 Å². The lowest BCUT2D eigenvalue weighted by Crippen LogP contribution is -2.03. The van der Waals surface area contributed by atoms with Gasteiger partial charge in [-0.2, -0.15) is 8.78 Å². The van der Waals surface area contributed by atoms with E-state index in [2.05, 4.69) is 10.1 Å². The van der Waals surface area contributed by atoms with Gasteiger partial charge >= 0.3 is 12.6 Å². The SMILES string of the molecule is O=C(O)c1ccc(CNc2cccc(OC(F)F)c2)cc1. The minimum absolute atomic E-state index is 0.0798. The Bertz CT molecular complexity index is 615. The number of anilines is 1. The summed E-state index contributed by atoms with van der Waals surface area (Å²) < 4.78 is 28.5. The Kier molecular flexibility index (Phi) is 4.71. The summed E-state index contributed by atoms with van der Waals surface area (Å²) in [6, 6.07) is 12.6. The molecule has 0 atom stereocenters. The highest BCUT2D eigenvalue weighted by Crippen LogP contribution is 2.20. The maximum atomic E-state index is 12.1. The third-order valence-corrected chi connectivity index (χ3v) is 2.76. The summed E-state index contributed by atoms with van der Waals surface area (Å²) in [5.41, 5.74) is 1.72. The molecule has 0 aliphatic carbocycles. The van der Waals surface area contributed by atoms with Gasteiger partial charge in [-0.15, -0.1) is 0 Å². The molecule has 0 unspecified atom stereocenters. The summed E-state index contributed by atoms with van der Waals surface area (Å²) in [7, 11) is 0. The molecular formula is C15H13F2NO3. The van der Waals surface area contributed by atoms with Crippen LogP contribution in [0.5, 0.6) is 5.75 Å². The molecule has 2 N–H and O–H groups in total. The molecule has 0 amide bonds. The molecule has 0 saturated heterocycles. The third-order valence-electron chi connectivity index (χ3n) is 2.76. The molecule has 2 rings (SSSR count). The van der Waals surface area contributed by atoms with Crippen LogP contribution in [0.25, 0.3) is 0 Å². The largest absolute Gasteiger partial charge is 0.478 e. The smallest absolute Gasteiger partial charge is 0.387 e.